The van der Waals surface area contributed by atoms with Crippen molar-refractivity contribution in [2.24, 2.45) is 0 Å². The first-order valence-corrected chi connectivity index (χ1v) is 13.5. The Hall–Kier alpha value is -4.41. The third-order valence-electron chi connectivity index (χ3n) is 7.17. The number of rotatable bonds is 7. The van der Waals surface area contributed by atoms with Crippen LogP contribution >= 0.6 is 23.2 Å². The lowest BCUT2D eigenvalue weighted by Gasteiger charge is -2.34. The van der Waals surface area contributed by atoms with E-state index in [1.165, 1.54) is 6.20 Å². The van der Waals surface area contributed by atoms with Crippen LogP contribution in [0, 0.1) is 22.7 Å². The van der Waals surface area contributed by atoms with Crippen LogP contribution in [0.5, 0.6) is 0 Å². The second-order valence-corrected chi connectivity index (χ2v) is 10.9. The highest BCUT2D eigenvalue weighted by atomic mass is 35.5. The third kappa shape index (κ3) is 4.87. The van der Waals surface area contributed by atoms with Crippen molar-refractivity contribution in [2.45, 2.75) is 24.3 Å². The first-order chi connectivity index (χ1) is 19.4. The smallest absolute Gasteiger partial charge is 0.148 e. The number of pyridine rings is 1. The summed E-state index contributed by atoms with van der Waals surface area (Å²) in [6, 6.07) is 23.5. The molecule has 0 bridgehead atoms. The number of nitrogens with one attached hydrogen (secondary N) is 4. The number of hydrogen-bond donors (Lipinski definition) is 4. The van der Waals surface area contributed by atoms with Crippen LogP contribution in [0.15, 0.2) is 78.8 Å². The molecule has 2 heterocycles. The van der Waals surface area contributed by atoms with Crippen LogP contribution in [0.2, 0.25) is 10.0 Å². The van der Waals surface area contributed by atoms with Gasteiger partial charge in [0.15, 0.2) is 0 Å². The third-order valence-corrected chi connectivity index (χ3v) is 7.69. The van der Waals surface area contributed by atoms with E-state index >= 15 is 0 Å². The van der Waals surface area contributed by atoms with Crippen LogP contribution in [-0.4, -0.2) is 23.9 Å². The van der Waals surface area contributed by atoms with Crippen molar-refractivity contribution >= 4 is 59.0 Å². The molecule has 1 aromatic heterocycles. The second kappa shape index (κ2) is 10.3. The van der Waals surface area contributed by atoms with E-state index in [2.05, 4.69) is 49.9 Å². The van der Waals surface area contributed by atoms with E-state index in [0.29, 0.717) is 49.5 Å². The monoisotopic (exact) mass is 564 g/mol. The van der Waals surface area contributed by atoms with Crippen molar-refractivity contribution in [3.63, 3.8) is 0 Å². The van der Waals surface area contributed by atoms with Gasteiger partial charge in [-0.15, -0.1) is 5.53 Å². The predicted molar refractivity (Wildman–Crippen MR) is 160 cm³/mol. The predicted octanol–water partition coefficient (Wildman–Crippen LogP) is 5.26. The van der Waals surface area contributed by atoms with Crippen LogP contribution in [0.4, 0.5) is 17.1 Å². The first kappa shape index (κ1) is 25.9. The molecule has 1 unspecified atom stereocenters. The number of halogens is 2. The van der Waals surface area contributed by atoms with Gasteiger partial charge in [0.25, 0.3) is 0 Å². The number of nitrogens with zero attached hydrogens (tertiary/aromatic N) is 4. The summed E-state index contributed by atoms with van der Waals surface area (Å²) < 4.78 is 0. The fraction of sp³-hybridized carbons (Fsp3) is 0.138. The van der Waals surface area contributed by atoms with Crippen molar-refractivity contribution < 1.29 is 0 Å². The zero-order valence-corrected chi connectivity index (χ0v) is 23.0. The molecular formula is C29H23BCl2N8. The van der Waals surface area contributed by atoms with Crippen LogP contribution in [0.3, 0.4) is 0 Å². The Balaban J connectivity index is 1.47. The molecule has 0 saturated heterocycles. The van der Waals surface area contributed by atoms with Crippen molar-refractivity contribution in [1.29, 1.82) is 10.5 Å². The van der Waals surface area contributed by atoms with Gasteiger partial charge in [-0.3, -0.25) is 9.99 Å². The average molecular weight is 565 g/mol. The van der Waals surface area contributed by atoms with Gasteiger partial charge >= 0.3 is 0 Å². The molecule has 6 rings (SSSR count). The van der Waals surface area contributed by atoms with E-state index in [9.17, 15) is 10.5 Å². The number of aromatic nitrogens is 1. The van der Waals surface area contributed by atoms with E-state index in [-0.39, 0.29) is 0 Å². The molecule has 196 valence electrons. The molecule has 4 aromatic rings. The lowest BCUT2D eigenvalue weighted by Crippen LogP contribution is -2.45. The van der Waals surface area contributed by atoms with E-state index in [4.69, 9.17) is 23.2 Å². The first-order valence-electron chi connectivity index (χ1n) is 12.7. The Morgan fingerprint density at radius 2 is 1.85 bits per heavy atom. The van der Waals surface area contributed by atoms with E-state index in [1.807, 2.05) is 50.3 Å². The Morgan fingerprint density at radius 3 is 2.60 bits per heavy atom. The molecule has 1 fully saturated rings. The summed E-state index contributed by atoms with van der Waals surface area (Å²) in [5.74, 6) is 0. The lowest BCUT2D eigenvalue weighted by atomic mass is 9.69. The highest BCUT2D eigenvalue weighted by Crippen LogP contribution is 2.39. The number of nitriles is 2. The Bertz CT molecular complexity index is 1760. The number of fused-ring (bicyclic) bond motifs is 1. The van der Waals surface area contributed by atoms with Crippen LogP contribution < -0.4 is 21.6 Å². The van der Waals surface area contributed by atoms with Crippen molar-refractivity contribution in [3.8, 4) is 12.1 Å². The average Bonchev–Trinajstić information content (AvgIpc) is 3.69. The molecule has 1 aliphatic carbocycles. The molecule has 4 N–H and O–H groups in total. The second-order valence-electron chi connectivity index (χ2n) is 10.0. The van der Waals surface area contributed by atoms with E-state index in [1.54, 1.807) is 18.2 Å². The summed E-state index contributed by atoms with van der Waals surface area (Å²) in [7, 11) is 2.05. The van der Waals surface area contributed by atoms with Gasteiger partial charge in [-0.1, -0.05) is 41.4 Å². The molecular weight excluding hydrogens is 542 g/mol. The summed E-state index contributed by atoms with van der Waals surface area (Å²) >= 11 is 13.0. The van der Waals surface area contributed by atoms with Gasteiger partial charge in [0, 0.05) is 40.2 Å². The molecule has 0 spiro atoms. The minimum atomic E-state index is -0.776. The highest BCUT2D eigenvalue weighted by molar-refractivity contribution is 6.36. The van der Waals surface area contributed by atoms with Gasteiger partial charge in [-0.2, -0.15) is 10.5 Å². The number of anilines is 3. The standard InChI is InChI=1S/C29H23BCl2N8/c30-29(19-4-1-3-17(9-19)13-33,26-16-40(39-38-26)23-7-8-23)37-22-11-24-27(36-21-6-2-5-20(31)10-21)18(14-34)15-35-28(24)25(32)12-22/h1-6,9-12,15-16,23,37-39H,7-8,30H2,(H,35,36). The Labute approximate surface area is 242 Å². The number of hydrogen-bond acceptors (Lipinski definition) is 8. The summed E-state index contributed by atoms with van der Waals surface area (Å²) in [6.07, 6.45) is 5.83. The number of benzene rings is 3. The topological polar surface area (TPSA) is 112 Å². The van der Waals surface area contributed by atoms with Crippen LogP contribution in [0.25, 0.3) is 10.9 Å². The SMILES string of the molecule is BC(Nc1cc(Cl)c2ncc(C#N)c(Nc3cccc(Cl)c3)c2c1)(C1=CN(C2CC2)NN1)c1cccc(C#N)c1. The molecule has 1 saturated carbocycles. The fourth-order valence-corrected chi connectivity index (χ4v) is 5.34. The highest BCUT2D eigenvalue weighted by Gasteiger charge is 2.38. The van der Waals surface area contributed by atoms with Crippen LogP contribution in [0.1, 0.15) is 29.5 Å². The lowest BCUT2D eigenvalue weighted by molar-refractivity contribution is 0.260. The van der Waals surface area contributed by atoms with Gasteiger partial charge in [0.05, 0.1) is 44.6 Å². The summed E-state index contributed by atoms with van der Waals surface area (Å²) in [6.45, 7) is 0. The quantitative estimate of drug-likeness (QED) is 0.225. The zero-order valence-electron chi connectivity index (χ0n) is 21.5. The van der Waals surface area contributed by atoms with Crippen molar-refractivity contribution in [1.82, 2.24) is 21.0 Å². The summed E-state index contributed by atoms with van der Waals surface area (Å²) in [4.78, 5) is 4.48. The molecule has 1 aliphatic heterocycles. The molecule has 8 nitrogen and oxygen atoms in total. The van der Waals surface area contributed by atoms with Gasteiger partial charge in [-0.05, 0) is 60.9 Å². The minimum absolute atomic E-state index is 0.370. The van der Waals surface area contributed by atoms with Crippen LogP contribution in [-0.2, 0) is 5.44 Å². The van der Waals surface area contributed by atoms with Crippen molar-refractivity contribution in [2.75, 3.05) is 10.6 Å². The molecule has 11 heteroatoms. The normalized spacial score (nSPS) is 15.9. The molecule has 1 atom stereocenters. The molecule has 3 aromatic carbocycles. The fourth-order valence-electron chi connectivity index (χ4n) is 4.88. The number of hydrazine groups is 2. The Morgan fingerprint density at radius 1 is 1.02 bits per heavy atom. The molecule has 0 radical (unpaired) electrons. The summed E-state index contributed by atoms with van der Waals surface area (Å²) in [5, 5.41) is 30.2. The van der Waals surface area contributed by atoms with E-state index < -0.39 is 5.44 Å². The minimum Gasteiger partial charge on any atom is -0.378 e. The van der Waals surface area contributed by atoms with Gasteiger partial charge < -0.3 is 16.1 Å². The zero-order chi connectivity index (χ0) is 27.9. The molecule has 40 heavy (non-hydrogen) atoms. The maximum atomic E-state index is 9.89. The Kier molecular flexibility index (Phi) is 6.65. The largest absolute Gasteiger partial charge is 0.378 e. The summed E-state index contributed by atoms with van der Waals surface area (Å²) in [5.41, 5.74) is 11.1. The van der Waals surface area contributed by atoms with Gasteiger partial charge in [0.2, 0.25) is 0 Å². The molecule has 0 amide bonds. The maximum absolute atomic E-state index is 9.89. The van der Waals surface area contributed by atoms with E-state index in [0.717, 1.165) is 29.8 Å². The van der Waals surface area contributed by atoms with Crippen molar-refractivity contribution in [3.05, 3.63) is 105 Å². The van der Waals surface area contributed by atoms with Gasteiger partial charge in [0.1, 0.15) is 13.9 Å². The maximum Gasteiger partial charge on any atom is 0.148 e. The molecule has 2 aliphatic rings. The van der Waals surface area contributed by atoms with Gasteiger partial charge in [-0.25, -0.2) is 0 Å².